The van der Waals surface area contributed by atoms with Crippen molar-refractivity contribution in [2.75, 3.05) is 29.9 Å². The van der Waals surface area contributed by atoms with Crippen molar-refractivity contribution in [2.24, 2.45) is 0 Å². The number of aromatic nitrogens is 2. The first-order valence-corrected chi connectivity index (χ1v) is 11.2. The Labute approximate surface area is 166 Å². The zero-order valence-electron chi connectivity index (χ0n) is 16.4. The fraction of sp³-hybridized carbons (Fsp3) is 0.450. The molecule has 1 aromatic heterocycles. The zero-order valence-corrected chi connectivity index (χ0v) is 17.2. The average Bonchev–Trinajstić information content (AvgIpc) is 2.63. The van der Waals surface area contributed by atoms with Crippen molar-refractivity contribution in [3.8, 4) is 0 Å². The van der Waals surface area contributed by atoms with E-state index in [9.17, 15) is 13.2 Å². The van der Waals surface area contributed by atoms with Crippen molar-refractivity contribution in [2.45, 2.75) is 32.7 Å². The summed E-state index contributed by atoms with van der Waals surface area (Å²) in [7, 11) is -3.03. The molecule has 1 amide bonds. The number of anilines is 1. The molecule has 1 unspecified atom stereocenters. The van der Waals surface area contributed by atoms with E-state index in [-0.39, 0.29) is 23.3 Å². The normalized spacial score (nSPS) is 18.0. The van der Waals surface area contributed by atoms with E-state index in [1.807, 2.05) is 56.0 Å². The third kappa shape index (κ3) is 4.94. The first-order chi connectivity index (χ1) is 13.2. The van der Waals surface area contributed by atoms with Crippen LogP contribution in [0.2, 0.25) is 0 Å². The summed E-state index contributed by atoms with van der Waals surface area (Å²) < 4.78 is 23.6. The summed E-state index contributed by atoms with van der Waals surface area (Å²) >= 11 is 0. The van der Waals surface area contributed by atoms with E-state index in [1.54, 1.807) is 6.07 Å². The Balaban J connectivity index is 1.87. The smallest absolute Gasteiger partial charge is 0.247 e. The molecule has 1 aliphatic rings. The van der Waals surface area contributed by atoms with Crippen molar-refractivity contribution in [1.82, 2.24) is 14.9 Å². The highest BCUT2D eigenvalue weighted by molar-refractivity contribution is 7.91. The van der Waals surface area contributed by atoms with Crippen LogP contribution in [0.4, 0.5) is 5.82 Å². The highest BCUT2D eigenvalue weighted by Gasteiger charge is 2.32. The van der Waals surface area contributed by atoms with E-state index >= 15 is 0 Å². The molecule has 0 bridgehead atoms. The highest BCUT2D eigenvalue weighted by atomic mass is 32.2. The number of hydrogen-bond donors (Lipinski definition) is 1. The number of nitrogens with zero attached hydrogens (tertiary/aromatic N) is 3. The predicted octanol–water partition coefficient (Wildman–Crippen LogP) is 2.32. The van der Waals surface area contributed by atoms with Crippen LogP contribution in [-0.2, 0) is 14.6 Å². The number of benzene rings is 1. The minimum atomic E-state index is -3.03. The van der Waals surface area contributed by atoms with Crippen LogP contribution in [0, 0.1) is 6.92 Å². The molecule has 0 radical (unpaired) electrons. The Hall–Kier alpha value is -2.32. The largest absolute Gasteiger partial charge is 0.309 e. The molecule has 2 aromatic rings. The molecule has 1 aromatic carbocycles. The minimum absolute atomic E-state index is 0.0632. The van der Waals surface area contributed by atoms with Gasteiger partial charge in [-0.05, 0) is 12.5 Å². The monoisotopic (exact) mass is 402 g/mol. The number of sulfone groups is 1. The molecule has 28 heavy (non-hydrogen) atoms. The molecule has 2 heterocycles. The molecule has 1 fully saturated rings. The second kappa shape index (κ2) is 8.36. The summed E-state index contributed by atoms with van der Waals surface area (Å²) in [5, 5.41) is 2.91. The Kier molecular flexibility index (Phi) is 6.10. The summed E-state index contributed by atoms with van der Waals surface area (Å²) in [6.07, 6.45) is 0. The fourth-order valence-electron chi connectivity index (χ4n) is 3.26. The van der Waals surface area contributed by atoms with Gasteiger partial charge in [-0.3, -0.25) is 9.69 Å². The molecule has 150 valence electrons. The van der Waals surface area contributed by atoms with E-state index in [4.69, 9.17) is 0 Å². The minimum Gasteiger partial charge on any atom is -0.309 e. The molecule has 0 saturated carbocycles. The van der Waals surface area contributed by atoms with E-state index in [0.717, 1.165) is 11.3 Å². The standard InChI is InChI=1S/C20H26N4O3S/c1-14(2)19-21-15(3)13-17(22-19)23-20(25)18(16-7-5-4-6-8-16)24-9-11-28(26,27)12-10-24/h4-8,13-14,18H,9-12H2,1-3H3,(H,21,22,23,25). The maximum Gasteiger partial charge on any atom is 0.247 e. The van der Waals surface area contributed by atoms with Gasteiger partial charge in [0.2, 0.25) is 5.91 Å². The van der Waals surface area contributed by atoms with E-state index in [1.165, 1.54) is 0 Å². The summed E-state index contributed by atoms with van der Waals surface area (Å²) in [5.74, 6) is 1.19. The molecular weight excluding hydrogens is 376 g/mol. The van der Waals surface area contributed by atoms with Crippen molar-refractivity contribution in [3.63, 3.8) is 0 Å². The summed E-state index contributed by atoms with van der Waals surface area (Å²) in [6.45, 7) is 6.53. The van der Waals surface area contributed by atoms with Crippen molar-refractivity contribution >= 4 is 21.6 Å². The van der Waals surface area contributed by atoms with Crippen LogP contribution < -0.4 is 5.32 Å². The van der Waals surface area contributed by atoms with Gasteiger partial charge in [0.05, 0.1) is 11.5 Å². The fourth-order valence-corrected chi connectivity index (χ4v) is 4.49. The van der Waals surface area contributed by atoms with Crippen LogP contribution >= 0.6 is 0 Å². The third-order valence-corrected chi connectivity index (χ3v) is 6.36. The number of nitrogens with one attached hydrogen (secondary N) is 1. The summed E-state index contributed by atoms with van der Waals surface area (Å²) in [6, 6.07) is 10.6. The van der Waals surface area contributed by atoms with Gasteiger partial charge in [0.25, 0.3) is 0 Å². The average molecular weight is 403 g/mol. The maximum atomic E-state index is 13.2. The Morgan fingerprint density at radius 1 is 1.11 bits per heavy atom. The van der Waals surface area contributed by atoms with Gasteiger partial charge in [-0.15, -0.1) is 0 Å². The van der Waals surface area contributed by atoms with Gasteiger partial charge < -0.3 is 5.32 Å². The van der Waals surface area contributed by atoms with Gasteiger partial charge >= 0.3 is 0 Å². The Morgan fingerprint density at radius 3 is 2.36 bits per heavy atom. The number of amides is 1. The molecule has 0 aliphatic carbocycles. The lowest BCUT2D eigenvalue weighted by molar-refractivity contribution is -0.121. The number of carbonyl (C=O) groups is 1. The molecule has 7 nitrogen and oxygen atoms in total. The number of carbonyl (C=O) groups excluding carboxylic acids is 1. The molecule has 1 aliphatic heterocycles. The molecule has 0 spiro atoms. The van der Waals surface area contributed by atoms with Crippen LogP contribution in [-0.4, -0.2) is 53.8 Å². The number of aryl methyl sites for hydroxylation is 1. The van der Waals surface area contributed by atoms with Crippen LogP contribution in [0.1, 0.15) is 42.9 Å². The molecule has 1 atom stereocenters. The van der Waals surface area contributed by atoms with E-state index in [0.29, 0.717) is 24.7 Å². The van der Waals surface area contributed by atoms with Crippen molar-refractivity contribution in [3.05, 3.63) is 53.5 Å². The molecule has 1 saturated heterocycles. The van der Waals surface area contributed by atoms with Gasteiger partial charge in [-0.1, -0.05) is 44.2 Å². The van der Waals surface area contributed by atoms with E-state index in [2.05, 4.69) is 15.3 Å². The predicted molar refractivity (Wildman–Crippen MR) is 109 cm³/mol. The van der Waals surface area contributed by atoms with Crippen molar-refractivity contribution in [1.29, 1.82) is 0 Å². The van der Waals surface area contributed by atoms with Crippen LogP contribution in [0.15, 0.2) is 36.4 Å². The molecule has 8 heteroatoms. The SMILES string of the molecule is Cc1cc(NC(=O)C(c2ccccc2)N2CCS(=O)(=O)CC2)nc(C(C)C)n1. The number of hydrogen-bond acceptors (Lipinski definition) is 6. The molecule has 1 N–H and O–H groups in total. The molecule has 3 rings (SSSR count). The highest BCUT2D eigenvalue weighted by Crippen LogP contribution is 2.25. The summed E-state index contributed by atoms with van der Waals surface area (Å²) in [5.41, 5.74) is 1.61. The van der Waals surface area contributed by atoms with Gasteiger partial charge in [0.15, 0.2) is 9.84 Å². The lowest BCUT2D eigenvalue weighted by Gasteiger charge is -2.33. The van der Waals surface area contributed by atoms with E-state index < -0.39 is 15.9 Å². The first kappa shape index (κ1) is 20.4. The zero-order chi connectivity index (χ0) is 20.3. The molecular formula is C20H26N4O3S. The Bertz CT molecular complexity index is 931. The summed E-state index contributed by atoms with van der Waals surface area (Å²) in [4.78, 5) is 24.0. The second-order valence-electron chi connectivity index (χ2n) is 7.40. The maximum absolute atomic E-state index is 13.2. The van der Waals surface area contributed by atoms with Gasteiger partial charge in [0.1, 0.15) is 17.7 Å². The topological polar surface area (TPSA) is 92.3 Å². The van der Waals surface area contributed by atoms with Crippen molar-refractivity contribution < 1.29 is 13.2 Å². The second-order valence-corrected chi connectivity index (χ2v) is 9.70. The first-order valence-electron chi connectivity index (χ1n) is 9.41. The Morgan fingerprint density at radius 2 is 1.75 bits per heavy atom. The van der Waals surface area contributed by atoms with Gasteiger partial charge in [-0.25, -0.2) is 18.4 Å². The lowest BCUT2D eigenvalue weighted by Crippen LogP contribution is -2.46. The van der Waals surface area contributed by atoms with Crippen LogP contribution in [0.5, 0.6) is 0 Å². The lowest BCUT2D eigenvalue weighted by atomic mass is 10.0. The van der Waals surface area contributed by atoms with Gasteiger partial charge in [0, 0.05) is 30.8 Å². The van der Waals surface area contributed by atoms with Gasteiger partial charge in [-0.2, -0.15) is 0 Å². The quantitative estimate of drug-likeness (QED) is 0.825. The number of rotatable bonds is 5. The third-order valence-electron chi connectivity index (χ3n) is 4.75. The van der Waals surface area contributed by atoms with Crippen LogP contribution in [0.3, 0.4) is 0 Å². The van der Waals surface area contributed by atoms with Crippen LogP contribution in [0.25, 0.3) is 0 Å².